The first-order valence-electron chi connectivity index (χ1n) is 5.87. The molecule has 1 aromatic rings. The summed E-state index contributed by atoms with van der Waals surface area (Å²) >= 11 is 1.55. The number of hydrogen-bond acceptors (Lipinski definition) is 3. The number of benzene rings is 1. The van der Waals surface area contributed by atoms with Crippen molar-refractivity contribution in [3.63, 3.8) is 0 Å². The van der Waals surface area contributed by atoms with Crippen molar-refractivity contribution in [2.45, 2.75) is 12.5 Å². The third-order valence-electron chi connectivity index (χ3n) is 2.65. The van der Waals surface area contributed by atoms with Crippen LogP contribution in [0.5, 0.6) is 0 Å². The van der Waals surface area contributed by atoms with Crippen molar-refractivity contribution in [2.75, 3.05) is 24.0 Å². The molecule has 2 amide bonds. The Kier molecular flexibility index (Phi) is 6.21. The summed E-state index contributed by atoms with van der Waals surface area (Å²) in [5.74, 6) is -0.324. The van der Waals surface area contributed by atoms with E-state index in [1.807, 2.05) is 24.5 Å². The van der Waals surface area contributed by atoms with Gasteiger partial charge in [0.05, 0.1) is 0 Å². The Morgan fingerprint density at radius 1 is 1.37 bits per heavy atom. The van der Waals surface area contributed by atoms with Gasteiger partial charge in [0.2, 0.25) is 0 Å². The van der Waals surface area contributed by atoms with Gasteiger partial charge in [-0.1, -0.05) is 18.2 Å². The predicted octanol–water partition coefficient (Wildman–Crippen LogP) is 2.04. The Morgan fingerprint density at radius 2 is 2.00 bits per heavy atom. The highest BCUT2D eigenvalue weighted by Crippen LogP contribution is 2.11. The normalized spacial score (nSPS) is 11.7. The highest BCUT2D eigenvalue weighted by Gasteiger charge is 2.21. The van der Waals surface area contributed by atoms with E-state index < -0.39 is 18.0 Å². The van der Waals surface area contributed by atoms with E-state index in [0.717, 1.165) is 0 Å². The molecule has 0 fully saturated rings. The second kappa shape index (κ2) is 7.68. The van der Waals surface area contributed by atoms with E-state index >= 15 is 0 Å². The number of hydrogen-bond donors (Lipinski definition) is 2. The SMILES string of the molecule is CSCC[C@@H](NC(=O)N(C)c1ccccc1)C(=O)O. The van der Waals surface area contributed by atoms with Crippen LogP contribution in [0.15, 0.2) is 30.3 Å². The van der Waals surface area contributed by atoms with Crippen LogP contribution in [0, 0.1) is 0 Å². The van der Waals surface area contributed by atoms with Crippen molar-refractivity contribution in [1.29, 1.82) is 0 Å². The quantitative estimate of drug-likeness (QED) is 0.837. The van der Waals surface area contributed by atoms with Crippen LogP contribution in [0.1, 0.15) is 6.42 Å². The molecule has 0 aliphatic rings. The van der Waals surface area contributed by atoms with Gasteiger partial charge in [-0.25, -0.2) is 9.59 Å². The Morgan fingerprint density at radius 3 is 2.53 bits per heavy atom. The first kappa shape index (κ1) is 15.4. The molecule has 0 aliphatic heterocycles. The van der Waals surface area contributed by atoms with Gasteiger partial charge < -0.3 is 10.4 Å². The van der Waals surface area contributed by atoms with Gasteiger partial charge in [0.25, 0.3) is 0 Å². The van der Waals surface area contributed by atoms with Crippen molar-refractivity contribution in [3.8, 4) is 0 Å². The van der Waals surface area contributed by atoms with E-state index in [0.29, 0.717) is 17.9 Å². The Hall–Kier alpha value is -1.69. The van der Waals surface area contributed by atoms with Crippen LogP contribution in [-0.2, 0) is 4.79 Å². The van der Waals surface area contributed by atoms with Gasteiger partial charge in [0.15, 0.2) is 0 Å². The highest BCUT2D eigenvalue weighted by atomic mass is 32.2. The summed E-state index contributed by atoms with van der Waals surface area (Å²) in [4.78, 5) is 24.4. The molecule has 0 aromatic heterocycles. The number of carbonyl (C=O) groups excluding carboxylic acids is 1. The first-order chi connectivity index (χ1) is 9.06. The molecule has 0 spiro atoms. The molecule has 0 aliphatic carbocycles. The molecule has 19 heavy (non-hydrogen) atoms. The largest absolute Gasteiger partial charge is 0.480 e. The van der Waals surface area contributed by atoms with E-state index in [9.17, 15) is 9.59 Å². The topological polar surface area (TPSA) is 69.6 Å². The lowest BCUT2D eigenvalue weighted by atomic mass is 10.2. The first-order valence-corrected chi connectivity index (χ1v) is 7.26. The van der Waals surface area contributed by atoms with Crippen LogP contribution >= 0.6 is 11.8 Å². The summed E-state index contributed by atoms with van der Waals surface area (Å²) in [5.41, 5.74) is 0.717. The smallest absolute Gasteiger partial charge is 0.326 e. The summed E-state index contributed by atoms with van der Waals surface area (Å²) in [6.07, 6.45) is 2.31. The Bertz CT molecular complexity index is 425. The summed E-state index contributed by atoms with van der Waals surface area (Å²) in [5, 5.41) is 11.6. The van der Waals surface area contributed by atoms with Crippen LogP contribution < -0.4 is 10.2 Å². The molecule has 104 valence electrons. The minimum Gasteiger partial charge on any atom is -0.480 e. The summed E-state index contributed by atoms with van der Waals surface area (Å²) < 4.78 is 0. The number of urea groups is 1. The number of nitrogens with one attached hydrogen (secondary N) is 1. The lowest BCUT2D eigenvalue weighted by molar-refractivity contribution is -0.139. The van der Waals surface area contributed by atoms with Crippen LogP contribution in [0.3, 0.4) is 0 Å². The number of aliphatic carboxylic acids is 1. The fourth-order valence-electron chi connectivity index (χ4n) is 1.51. The van der Waals surface area contributed by atoms with Gasteiger partial charge in [-0.2, -0.15) is 11.8 Å². The van der Waals surface area contributed by atoms with Gasteiger partial charge in [-0.05, 0) is 30.6 Å². The van der Waals surface area contributed by atoms with E-state index in [-0.39, 0.29) is 0 Å². The molecule has 2 N–H and O–H groups in total. The number of carboxylic acids is 1. The number of carbonyl (C=O) groups is 2. The zero-order valence-electron chi connectivity index (χ0n) is 11.0. The average Bonchev–Trinajstić information content (AvgIpc) is 2.43. The van der Waals surface area contributed by atoms with E-state index in [4.69, 9.17) is 5.11 Å². The minimum absolute atomic E-state index is 0.408. The maximum atomic E-state index is 12.0. The Labute approximate surface area is 117 Å². The second-order valence-electron chi connectivity index (χ2n) is 4.02. The molecule has 0 heterocycles. The van der Waals surface area contributed by atoms with Crippen LogP contribution in [0.2, 0.25) is 0 Å². The van der Waals surface area contributed by atoms with Crippen molar-refractivity contribution < 1.29 is 14.7 Å². The van der Waals surface area contributed by atoms with Crippen molar-refractivity contribution in [2.24, 2.45) is 0 Å². The maximum Gasteiger partial charge on any atom is 0.326 e. The zero-order chi connectivity index (χ0) is 14.3. The molecular weight excluding hydrogens is 264 g/mol. The minimum atomic E-state index is -1.01. The van der Waals surface area contributed by atoms with Crippen molar-refractivity contribution >= 4 is 29.4 Å². The molecule has 0 saturated heterocycles. The van der Waals surface area contributed by atoms with Crippen LogP contribution in [0.4, 0.5) is 10.5 Å². The van der Waals surface area contributed by atoms with Crippen molar-refractivity contribution in [1.82, 2.24) is 5.32 Å². The highest BCUT2D eigenvalue weighted by molar-refractivity contribution is 7.98. The number of carboxylic acid groups (broad SMARTS) is 1. The lowest BCUT2D eigenvalue weighted by Gasteiger charge is -2.21. The number of thioether (sulfide) groups is 1. The van der Waals surface area contributed by atoms with E-state index in [2.05, 4.69) is 5.32 Å². The zero-order valence-corrected chi connectivity index (χ0v) is 11.8. The number of anilines is 1. The summed E-state index contributed by atoms with van der Waals surface area (Å²) in [7, 11) is 1.61. The molecule has 0 saturated carbocycles. The van der Waals surface area contributed by atoms with Gasteiger partial charge in [-0.15, -0.1) is 0 Å². The van der Waals surface area contributed by atoms with Crippen molar-refractivity contribution in [3.05, 3.63) is 30.3 Å². The van der Waals surface area contributed by atoms with Crippen LogP contribution in [-0.4, -0.2) is 42.2 Å². The average molecular weight is 282 g/mol. The number of nitrogens with zero attached hydrogens (tertiary/aromatic N) is 1. The molecule has 0 radical (unpaired) electrons. The molecule has 0 bridgehead atoms. The van der Waals surface area contributed by atoms with Gasteiger partial charge >= 0.3 is 12.0 Å². The molecule has 0 unspecified atom stereocenters. The number of rotatable bonds is 6. The van der Waals surface area contributed by atoms with Gasteiger partial charge in [-0.3, -0.25) is 4.90 Å². The summed E-state index contributed by atoms with van der Waals surface area (Å²) in [6, 6.07) is 7.80. The van der Waals surface area contributed by atoms with E-state index in [1.165, 1.54) is 4.90 Å². The fraction of sp³-hybridized carbons (Fsp3) is 0.385. The second-order valence-corrected chi connectivity index (χ2v) is 5.00. The molecule has 1 aromatic carbocycles. The molecular formula is C13H18N2O3S. The summed E-state index contributed by atoms with van der Waals surface area (Å²) in [6.45, 7) is 0. The predicted molar refractivity (Wildman–Crippen MR) is 77.8 cm³/mol. The lowest BCUT2D eigenvalue weighted by Crippen LogP contribution is -2.47. The third kappa shape index (κ3) is 4.82. The molecule has 1 rings (SSSR count). The van der Waals surface area contributed by atoms with Gasteiger partial charge in [0, 0.05) is 12.7 Å². The fourth-order valence-corrected chi connectivity index (χ4v) is 1.98. The monoisotopic (exact) mass is 282 g/mol. The van der Waals surface area contributed by atoms with E-state index in [1.54, 1.807) is 30.9 Å². The molecule has 1 atom stereocenters. The third-order valence-corrected chi connectivity index (χ3v) is 3.30. The van der Waals surface area contributed by atoms with Crippen LogP contribution in [0.25, 0.3) is 0 Å². The molecule has 5 nitrogen and oxygen atoms in total. The molecule has 6 heteroatoms. The number of para-hydroxylation sites is 1. The standard InChI is InChI=1S/C13H18N2O3S/c1-15(10-6-4-3-5-7-10)13(18)14-11(12(16)17)8-9-19-2/h3-7,11H,8-9H2,1-2H3,(H,14,18)(H,16,17)/t11-/m1/s1. The number of amides is 2. The maximum absolute atomic E-state index is 12.0. The Balaban J connectivity index is 2.64. The van der Waals surface area contributed by atoms with Gasteiger partial charge in [0.1, 0.15) is 6.04 Å².